The van der Waals surface area contributed by atoms with Crippen molar-refractivity contribution in [2.24, 2.45) is 0 Å². The molecule has 0 fully saturated rings. The summed E-state index contributed by atoms with van der Waals surface area (Å²) >= 11 is 0. The number of nitrogens with zero attached hydrogens (tertiary/aromatic N) is 4. The van der Waals surface area contributed by atoms with Crippen molar-refractivity contribution in [2.45, 2.75) is 0 Å². The fourth-order valence-corrected chi connectivity index (χ4v) is 1.25. The zero-order valence-corrected chi connectivity index (χ0v) is 9.69. The Hall–Kier alpha value is -2.64. The number of carboxylic acid groups (broad SMARTS) is 1. The number of carbonyl (C=O) groups is 1. The van der Waals surface area contributed by atoms with Gasteiger partial charge in [-0.25, -0.2) is 9.48 Å². The molecule has 94 valence electrons. The lowest BCUT2D eigenvalue weighted by atomic mass is 10.5. The van der Waals surface area contributed by atoms with Gasteiger partial charge in [0.05, 0.1) is 20.3 Å². The highest BCUT2D eigenvalue weighted by Crippen LogP contribution is 2.16. The van der Waals surface area contributed by atoms with E-state index in [1.807, 2.05) is 0 Å². The molecule has 0 unspecified atom stereocenters. The van der Waals surface area contributed by atoms with E-state index in [1.54, 1.807) is 0 Å². The monoisotopic (exact) mass is 250 g/mol. The van der Waals surface area contributed by atoms with Crippen molar-refractivity contribution in [1.29, 1.82) is 0 Å². The number of rotatable bonds is 4. The van der Waals surface area contributed by atoms with Crippen LogP contribution >= 0.6 is 0 Å². The Morgan fingerprint density at radius 3 is 2.33 bits per heavy atom. The highest BCUT2D eigenvalue weighted by atomic mass is 16.5. The van der Waals surface area contributed by atoms with Gasteiger partial charge in [0.1, 0.15) is 0 Å². The molecule has 0 aliphatic heterocycles. The van der Waals surface area contributed by atoms with Crippen molar-refractivity contribution < 1.29 is 19.4 Å². The molecule has 0 saturated heterocycles. The quantitative estimate of drug-likeness (QED) is 0.837. The summed E-state index contributed by atoms with van der Waals surface area (Å²) in [5.74, 6) is -0.365. The van der Waals surface area contributed by atoms with Crippen molar-refractivity contribution >= 4 is 5.97 Å². The van der Waals surface area contributed by atoms with E-state index in [-0.39, 0.29) is 11.6 Å². The molecule has 18 heavy (non-hydrogen) atoms. The SMILES string of the molecule is COc1cc(OC)nc(-n2ccc(C(=O)O)n2)n1. The Morgan fingerprint density at radius 2 is 1.89 bits per heavy atom. The van der Waals surface area contributed by atoms with Gasteiger partial charge in [-0.3, -0.25) is 0 Å². The van der Waals surface area contributed by atoms with Crippen LogP contribution in [0, 0.1) is 0 Å². The Bertz CT molecular complexity index is 559. The van der Waals surface area contributed by atoms with Gasteiger partial charge in [-0.05, 0) is 6.07 Å². The van der Waals surface area contributed by atoms with Crippen LogP contribution in [-0.2, 0) is 0 Å². The minimum Gasteiger partial charge on any atom is -0.481 e. The standard InChI is InChI=1S/C10H10N4O4/c1-17-7-5-8(18-2)12-10(11-7)14-4-3-6(13-14)9(15)16/h3-5H,1-2H3,(H,15,16). The second-order valence-corrected chi connectivity index (χ2v) is 3.20. The molecule has 1 N–H and O–H groups in total. The number of carboxylic acids is 1. The van der Waals surface area contributed by atoms with Crippen molar-refractivity contribution in [3.05, 3.63) is 24.0 Å². The van der Waals surface area contributed by atoms with Crippen LogP contribution in [0.2, 0.25) is 0 Å². The third-order valence-electron chi connectivity index (χ3n) is 2.10. The molecule has 0 radical (unpaired) electrons. The van der Waals surface area contributed by atoms with Crippen LogP contribution < -0.4 is 9.47 Å². The lowest BCUT2D eigenvalue weighted by Crippen LogP contribution is -2.06. The zero-order chi connectivity index (χ0) is 13.1. The molecule has 0 bridgehead atoms. The maximum Gasteiger partial charge on any atom is 0.356 e. The molecule has 0 spiro atoms. The molecule has 8 heteroatoms. The molecule has 0 amide bonds. The van der Waals surface area contributed by atoms with E-state index in [0.29, 0.717) is 11.8 Å². The first-order chi connectivity index (χ1) is 8.63. The first kappa shape index (κ1) is 11.8. The van der Waals surface area contributed by atoms with Gasteiger partial charge >= 0.3 is 5.97 Å². The van der Waals surface area contributed by atoms with Gasteiger partial charge in [0.15, 0.2) is 5.69 Å². The molecule has 0 aromatic carbocycles. The zero-order valence-electron chi connectivity index (χ0n) is 9.69. The highest BCUT2D eigenvalue weighted by molar-refractivity contribution is 5.85. The van der Waals surface area contributed by atoms with Gasteiger partial charge in [0.2, 0.25) is 11.8 Å². The molecule has 0 aliphatic rings. The van der Waals surface area contributed by atoms with Gasteiger partial charge in [-0.2, -0.15) is 15.1 Å². The number of hydrogen-bond donors (Lipinski definition) is 1. The van der Waals surface area contributed by atoms with Gasteiger partial charge in [0, 0.05) is 6.20 Å². The van der Waals surface area contributed by atoms with Crippen molar-refractivity contribution in [2.75, 3.05) is 14.2 Å². The summed E-state index contributed by atoms with van der Waals surface area (Å²) < 4.78 is 11.2. The van der Waals surface area contributed by atoms with Crippen LogP contribution in [0.15, 0.2) is 18.3 Å². The highest BCUT2D eigenvalue weighted by Gasteiger charge is 2.11. The average molecular weight is 250 g/mol. The molecule has 8 nitrogen and oxygen atoms in total. The Balaban J connectivity index is 2.45. The first-order valence-corrected chi connectivity index (χ1v) is 4.90. The lowest BCUT2D eigenvalue weighted by molar-refractivity contribution is 0.0690. The molecule has 2 heterocycles. The molecular weight excluding hydrogens is 240 g/mol. The van der Waals surface area contributed by atoms with Crippen LogP contribution in [0.1, 0.15) is 10.5 Å². The van der Waals surface area contributed by atoms with E-state index in [2.05, 4.69) is 15.1 Å². The largest absolute Gasteiger partial charge is 0.481 e. The van der Waals surface area contributed by atoms with Crippen molar-refractivity contribution in [3.8, 4) is 17.7 Å². The van der Waals surface area contributed by atoms with Crippen molar-refractivity contribution in [1.82, 2.24) is 19.7 Å². The molecule has 2 aromatic heterocycles. The van der Waals surface area contributed by atoms with Crippen LogP contribution in [0.4, 0.5) is 0 Å². The maximum absolute atomic E-state index is 10.7. The third-order valence-corrected chi connectivity index (χ3v) is 2.10. The van der Waals surface area contributed by atoms with Gasteiger partial charge in [0.25, 0.3) is 5.95 Å². The Kier molecular flexibility index (Phi) is 3.09. The van der Waals surface area contributed by atoms with E-state index in [4.69, 9.17) is 14.6 Å². The van der Waals surface area contributed by atoms with Crippen LogP contribution in [0.25, 0.3) is 5.95 Å². The average Bonchev–Trinajstić information content (AvgIpc) is 2.87. The third kappa shape index (κ3) is 2.21. The number of aromatic carboxylic acids is 1. The number of ether oxygens (including phenoxy) is 2. The summed E-state index contributed by atoms with van der Waals surface area (Å²) in [5.41, 5.74) is -0.0969. The van der Waals surface area contributed by atoms with E-state index in [1.165, 1.54) is 37.2 Å². The van der Waals surface area contributed by atoms with Crippen LogP contribution in [-0.4, -0.2) is 45.0 Å². The van der Waals surface area contributed by atoms with Gasteiger partial charge < -0.3 is 14.6 Å². The first-order valence-electron chi connectivity index (χ1n) is 4.90. The summed E-state index contributed by atoms with van der Waals surface area (Å²) in [5, 5.41) is 12.6. The molecule has 0 aliphatic carbocycles. The van der Waals surface area contributed by atoms with Crippen LogP contribution in [0.5, 0.6) is 11.8 Å². The smallest absolute Gasteiger partial charge is 0.356 e. The second-order valence-electron chi connectivity index (χ2n) is 3.20. The van der Waals surface area contributed by atoms with E-state index in [0.717, 1.165) is 0 Å². The fourth-order valence-electron chi connectivity index (χ4n) is 1.25. The maximum atomic E-state index is 10.7. The van der Waals surface area contributed by atoms with Crippen LogP contribution in [0.3, 0.4) is 0 Å². The predicted molar refractivity (Wildman–Crippen MR) is 59.2 cm³/mol. The minimum atomic E-state index is -1.12. The molecule has 2 aromatic rings. The van der Waals surface area contributed by atoms with E-state index >= 15 is 0 Å². The Labute approximate surface area is 102 Å². The second kappa shape index (κ2) is 4.70. The van der Waals surface area contributed by atoms with E-state index in [9.17, 15) is 4.79 Å². The van der Waals surface area contributed by atoms with Gasteiger partial charge in [-0.15, -0.1) is 0 Å². The summed E-state index contributed by atoms with van der Waals surface area (Å²) in [6.07, 6.45) is 1.44. The molecule has 0 atom stereocenters. The fraction of sp³-hybridized carbons (Fsp3) is 0.200. The number of aromatic nitrogens is 4. The van der Waals surface area contributed by atoms with Crippen molar-refractivity contribution in [3.63, 3.8) is 0 Å². The lowest BCUT2D eigenvalue weighted by Gasteiger charge is -2.05. The summed E-state index contributed by atoms with van der Waals surface area (Å²) in [7, 11) is 2.91. The normalized spacial score (nSPS) is 10.1. The topological polar surface area (TPSA) is 99.4 Å². The number of methoxy groups -OCH3 is 2. The molecule has 2 rings (SSSR count). The summed E-state index contributed by atoms with van der Waals surface area (Å²) in [6, 6.07) is 2.85. The number of hydrogen-bond acceptors (Lipinski definition) is 6. The van der Waals surface area contributed by atoms with Gasteiger partial charge in [-0.1, -0.05) is 0 Å². The minimum absolute atomic E-state index is 0.0969. The summed E-state index contributed by atoms with van der Waals surface area (Å²) in [4.78, 5) is 18.8. The molecule has 0 saturated carbocycles. The summed E-state index contributed by atoms with van der Waals surface area (Å²) in [6.45, 7) is 0. The molecular formula is C10H10N4O4. The van der Waals surface area contributed by atoms with E-state index < -0.39 is 5.97 Å². The Morgan fingerprint density at radius 1 is 1.28 bits per heavy atom. The predicted octanol–water partition coefficient (Wildman–Crippen LogP) is 0.378.